The van der Waals surface area contributed by atoms with E-state index in [0.29, 0.717) is 31.8 Å². The van der Waals surface area contributed by atoms with Crippen molar-refractivity contribution in [2.75, 3.05) is 13.1 Å². The fraction of sp³-hybridized carbons (Fsp3) is 0.529. The van der Waals surface area contributed by atoms with E-state index in [1.807, 2.05) is 4.90 Å². The van der Waals surface area contributed by atoms with Gasteiger partial charge in [-0.1, -0.05) is 0 Å². The minimum absolute atomic E-state index is 0.143. The van der Waals surface area contributed by atoms with E-state index >= 15 is 0 Å². The lowest BCUT2D eigenvalue weighted by Crippen LogP contribution is -2.45. The van der Waals surface area contributed by atoms with Crippen LogP contribution in [0, 0.1) is 12.8 Å². The first-order valence-electron chi connectivity index (χ1n) is 8.15. The van der Waals surface area contributed by atoms with Crippen molar-refractivity contribution in [3.05, 3.63) is 36.9 Å². The second-order valence-electron chi connectivity index (χ2n) is 6.73. The van der Waals surface area contributed by atoms with Crippen molar-refractivity contribution in [3.8, 4) is 0 Å². The molecule has 1 saturated heterocycles. The molecular weight excluding hydrogens is 408 g/mol. The molecule has 1 amide bonds. The number of halogens is 1. The summed E-state index contributed by atoms with van der Waals surface area (Å²) in [5.41, 5.74) is 0.886. The smallest absolute Gasteiger partial charge is 0.226 e. The van der Waals surface area contributed by atoms with Crippen LogP contribution in [0.4, 0.5) is 0 Å². The van der Waals surface area contributed by atoms with Crippen molar-refractivity contribution in [2.24, 2.45) is 5.92 Å². The summed E-state index contributed by atoms with van der Waals surface area (Å²) in [7, 11) is 0. The molecule has 0 bridgehead atoms. The van der Waals surface area contributed by atoms with Crippen LogP contribution in [0.2, 0.25) is 0 Å². The Morgan fingerprint density at radius 2 is 2.17 bits per heavy atom. The van der Waals surface area contributed by atoms with E-state index in [0.717, 1.165) is 15.9 Å². The molecule has 4 rings (SSSR count). The summed E-state index contributed by atoms with van der Waals surface area (Å²) in [4.78, 5) is 22.4. The molecule has 128 valence electrons. The van der Waals surface area contributed by atoms with Crippen LogP contribution in [-0.4, -0.2) is 34.0 Å². The molecule has 24 heavy (non-hydrogen) atoms. The summed E-state index contributed by atoms with van der Waals surface area (Å²) >= 11 is 6.69. The number of hydrogen-bond donors (Lipinski definition) is 1. The van der Waals surface area contributed by atoms with Crippen LogP contribution in [0.25, 0.3) is 0 Å². The lowest BCUT2D eigenvalue weighted by molar-refractivity contribution is -0.137. The zero-order chi connectivity index (χ0) is 16.9. The maximum Gasteiger partial charge on any atom is 0.226 e. The largest absolute Gasteiger partial charge is 0.384 e. The maximum atomic E-state index is 12.7. The molecule has 2 aliphatic rings. The van der Waals surface area contributed by atoms with E-state index in [2.05, 4.69) is 40.0 Å². The van der Waals surface area contributed by atoms with Crippen molar-refractivity contribution >= 4 is 44.5 Å². The molecule has 1 aliphatic heterocycles. The number of aromatic nitrogens is 1. The second-order valence-corrected chi connectivity index (χ2v) is 9.65. The number of carbonyl (C=O) groups is 1. The van der Waals surface area contributed by atoms with Gasteiger partial charge in [0.1, 0.15) is 10.2 Å². The predicted molar refractivity (Wildman–Crippen MR) is 99.4 cm³/mol. The third kappa shape index (κ3) is 2.96. The van der Waals surface area contributed by atoms with Crippen LogP contribution >= 0.6 is 38.6 Å². The average molecular weight is 427 g/mol. The maximum absolute atomic E-state index is 12.7. The van der Waals surface area contributed by atoms with Gasteiger partial charge in [-0.15, -0.1) is 22.7 Å². The van der Waals surface area contributed by atoms with E-state index in [9.17, 15) is 9.90 Å². The van der Waals surface area contributed by atoms with Gasteiger partial charge in [-0.2, -0.15) is 0 Å². The second kappa shape index (κ2) is 6.20. The average Bonchev–Trinajstić information content (AvgIpc) is 3.04. The quantitative estimate of drug-likeness (QED) is 0.809. The number of carbonyl (C=O) groups excluding carboxylic acids is 1. The Morgan fingerprint density at radius 3 is 2.75 bits per heavy atom. The number of nitrogens with zero attached hydrogens (tertiary/aromatic N) is 2. The number of piperidine rings is 1. The normalized spacial score (nSPS) is 25.7. The highest BCUT2D eigenvalue weighted by Gasteiger charge is 2.48. The highest BCUT2D eigenvalue weighted by Crippen LogP contribution is 2.51. The third-order valence-corrected chi connectivity index (χ3v) is 8.10. The number of thiazole rings is 1. The fourth-order valence-corrected chi connectivity index (χ4v) is 6.31. The first-order valence-corrected chi connectivity index (χ1v) is 10.6. The molecule has 2 aromatic heterocycles. The van der Waals surface area contributed by atoms with Crippen molar-refractivity contribution in [3.63, 3.8) is 0 Å². The Labute approximate surface area is 157 Å². The van der Waals surface area contributed by atoms with Crippen LogP contribution < -0.4 is 0 Å². The Hall–Kier alpha value is -0.760. The molecule has 2 fully saturated rings. The molecule has 1 saturated carbocycles. The Balaban J connectivity index is 1.38. The standard InChI is InChI=1S/C17H19BrN2O2S2/c1-10-2-3-13(24-10)11-8-12(11)16(21)20-6-4-17(22,5-7-20)14-15(18)19-9-23-14/h2-3,9,11-12,22H,4-8H2,1H3/t11-,12+/m0/s1. The van der Waals surface area contributed by atoms with Gasteiger partial charge in [-0.3, -0.25) is 4.79 Å². The number of aryl methyl sites for hydroxylation is 1. The summed E-state index contributed by atoms with van der Waals surface area (Å²) in [6.45, 7) is 3.34. The topological polar surface area (TPSA) is 53.4 Å². The van der Waals surface area contributed by atoms with Gasteiger partial charge >= 0.3 is 0 Å². The lowest BCUT2D eigenvalue weighted by atomic mass is 9.90. The van der Waals surface area contributed by atoms with Crippen molar-refractivity contribution < 1.29 is 9.90 Å². The molecule has 0 spiro atoms. The summed E-state index contributed by atoms with van der Waals surface area (Å²) < 4.78 is 0.727. The fourth-order valence-electron chi connectivity index (χ4n) is 3.53. The van der Waals surface area contributed by atoms with Gasteiger partial charge in [0.05, 0.1) is 10.4 Å². The van der Waals surface area contributed by atoms with Crippen LogP contribution in [0.1, 0.15) is 39.8 Å². The van der Waals surface area contributed by atoms with Gasteiger partial charge in [0.15, 0.2) is 0 Å². The number of thiophene rings is 1. The molecule has 0 unspecified atom stereocenters. The zero-order valence-corrected chi connectivity index (χ0v) is 16.6. The molecule has 1 aliphatic carbocycles. The van der Waals surface area contributed by atoms with Gasteiger partial charge in [0, 0.05) is 34.7 Å². The van der Waals surface area contributed by atoms with Gasteiger partial charge in [-0.05, 0) is 54.2 Å². The number of likely N-dealkylation sites (tertiary alicyclic amines) is 1. The van der Waals surface area contributed by atoms with E-state index in [1.54, 1.807) is 16.8 Å². The summed E-state index contributed by atoms with van der Waals surface area (Å²) in [5.74, 6) is 0.813. The summed E-state index contributed by atoms with van der Waals surface area (Å²) in [6, 6.07) is 4.29. The Morgan fingerprint density at radius 1 is 1.42 bits per heavy atom. The molecule has 2 atom stereocenters. The van der Waals surface area contributed by atoms with Crippen molar-refractivity contribution in [1.29, 1.82) is 0 Å². The summed E-state index contributed by atoms with van der Waals surface area (Å²) in [6.07, 6.45) is 2.13. The lowest BCUT2D eigenvalue weighted by Gasteiger charge is -2.37. The third-order valence-electron chi connectivity index (χ3n) is 5.08. The SMILES string of the molecule is Cc1ccc([C@H]2C[C@H]2C(=O)N2CCC(O)(c3scnc3Br)CC2)s1. The molecule has 2 aromatic rings. The number of rotatable bonds is 3. The van der Waals surface area contributed by atoms with E-state index in [1.165, 1.54) is 21.1 Å². The molecular formula is C17H19BrN2O2S2. The van der Waals surface area contributed by atoms with Gasteiger partial charge in [0.25, 0.3) is 0 Å². The van der Waals surface area contributed by atoms with Crippen LogP contribution in [0.15, 0.2) is 22.2 Å². The van der Waals surface area contributed by atoms with Gasteiger partial charge in [0.2, 0.25) is 5.91 Å². The molecule has 7 heteroatoms. The van der Waals surface area contributed by atoms with E-state index < -0.39 is 5.60 Å². The first kappa shape index (κ1) is 16.7. The Kier molecular flexibility index (Phi) is 4.31. The first-order chi connectivity index (χ1) is 11.5. The molecule has 0 radical (unpaired) electrons. The van der Waals surface area contributed by atoms with Crippen molar-refractivity contribution in [2.45, 2.75) is 37.7 Å². The van der Waals surface area contributed by atoms with Crippen LogP contribution in [0.5, 0.6) is 0 Å². The highest BCUT2D eigenvalue weighted by molar-refractivity contribution is 9.10. The monoisotopic (exact) mass is 426 g/mol. The number of amides is 1. The molecule has 3 heterocycles. The molecule has 0 aromatic carbocycles. The number of hydrogen-bond acceptors (Lipinski definition) is 5. The Bertz CT molecular complexity index is 764. The summed E-state index contributed by atoms with van der Waals surface area (Å²) in [5, 5.41) is 10.9. The molecule has 4 nitrogen and oxygen atoms in total. The van der Waals surface area contributed by atoms with E-state index in [4.69, 9.17) is 0 Å². The van der Waals surface area contributed by atoms with Crippen LogP contribution in [-0.2, 0) is 10.4 Å². The van der Waals surface area contributed by atoms with Gasteiger partial charge in [-0.25, -0.2) is 4.98 Å². The minimum atomic E-state index is -0.857. The molecule has 1 N–H and O–H groups in total. The van der Waals surface area contributed by atoms with E-state index in [-0.39, 0.29) is 11.8 Å². The minimum Gasteiger partial charge on any atom is -0.384 e. The van der Waals surface area contributed by atoms with Crippen molar-refractivity contribution in [1.82, 2.24) is 9.88 Å². The zero-order valence-electron chi connectivity index (χ0n) is 13.4. The predicted octanol–water partition coefficient (Wildman–Crippen LogP) is 3.89. The highest BCUT2D eigenvalue weighted by atomic mass is 79.9. The van der Waals surface area contributed by atoms with Crippen LogP contribution in [0.3, 0.4) is 0 Å². The number of aliphatic hydroxyl groups is 1. The van der Waals surface area contributed by atoms with Gasteiger partial charge < -0.3 is 10.0 Å².